The van der Waals surface area contributed by atoms with E-state index in [2.05, 4.69) is 47.5 Å². The largest absolute Gasteiger partial charge is 0.489 e. The van der Waals surface area contributed by atoms with Crippen molar-refractivity contribution in [1.82, 2.24) is 14.9 Å². The third kappa shape index (κ3) is 4.08. The van der Waals surface area contributed by atoms with Crippen molar-refractivity contribution in [2.75, 3.05) is 5.43 Å². The van der Waals surface area contributed by atoms with Gasteiger partial charge in [0.05, 0.1) is 17.1 Å². The summed E-state index contributed by atoms with van der Waals surface area (Å²) >= 11 is 12.2. The summed E-state index contributed by atoms with van der Waals surface area (Å²) in [7, 11) is 0. The highest BCUT2D eigenvalue weighted by Gasteiger charge is 2.12. The maximum atomic E-state index is 5.90. The molecule has 114 valence electrons. The molecule has 0 radical (unpaired) electrons. The van der Waals surface area contributed by atoms with E-state index in [0.717, 1.165) is 26.1 Å². The lowest BCUT2D eigenvalue weighted by Gasteiger charge is -2.17. The van der Waals surface area contributed by atoms with Crippen LogP contribution in [0.3, 0.4) is 0 Å². The number of benzene rings is 1. The molecule has 0 saturated heterocycles. The van der Waals surface area contributed by atoms with Crippen molar-refractivity contribution in [3.63, 3.8) is 0 Å². The fourth-order valence-corrected chi connectivity index (χ4v) is 3.49. The highest BCUT2D eigenvalue weighted by molar-refractivity contribution is 9.11. The zero-order valence-electron chi connectivity index (χ0n) is 11.9. The molecule has 8 heteroatoms. The van der Waals surface area contributed by atoms with Gasteiger partial charge in [-0.1, -0.05) is 15.9 Å². The predicted octanol–water partition coefficient (Wildman–Crippen LogP) is 4.31. The van der Waals surface area contributed by atoms with Crippen molar-refractivity contribution < 1.29 is 4.74 Å². The molecule has 0 spiro atoms. The Morgan fingerprint density at radius 3 is 2.71 bits per heavy atom. The fraction of sp³-hybridized carbons (Fsp3) is 0.385. The molecule has 21 heavy (non-hydrogen) atoms. The molecule has 1 aromatic carbocycles. The molecule has 0 fully saturated rings. The van der Waals surface area contributed by atoms with Crippen LogP contribution in [0.15, 0.2) is 21.1 Å². The van der Waals surface area contributed by atoms with Crippen LogP contribution in [0.4, 0.5) is 0 Å². The van der Waals surface area contributed by atoms with Crippen molar-refractivity contribution in [2.45, 2.75) is 33.4 Å². The molecule has 0 aliphatic heterocycles. The molecule has 2 rings (SSSR count). The average Bonchev–Trinajstić information content (AvgIpc) is 2.70. The summed E-state index contributed by atoms with van der Waals surface area (Å²) in [6.45, 7) is 6.44. The van der Waals surface area contributed by atoms with Crippen LogP contribution in [-0.2, 0) is 6.54 Å². The fourth-order valence-electron chi connectivity index (χ4n) is 1.84. The van der Waals surface area contributed by atoms with E-state index in [1.807, 2.05) is 32.9 Å². The molecular weight excluding hydrogens is 420 g/mol. The van der Waals surface area contributed by atoms with E-state index in [0.29, 0.717) is 11.3 Å². The standard InChI is InChI=1S/C13H16Br2N4OS/c1-7(2)20-12-9(4-10(14)5-11(12)15)6-16-19-8(3)17-18-13(19)21/h4-5,7,16H,6H2,1-3H3,(H,18,21). The van der Waals surface area contributed by atoms with Crippen LogP contribution in [0.5, 0.6) is 5.75 Å². The topological polar surface area (TPSA) is 54.9 Å². The minimum Gasteiger partial charge on any atom is -0.489 e. The van der Waals surface area contributed by atoms with Gasteiger partial charge in [-0.2, -0.15) is 5.10 Å². The van der Waals surface area contributed by atoms with Crippen LogP contribution in [0.25, 0.3) is 0 Å². The second kappa shape index (κ2) is 6.93. The van der Waals surface area contributed by atoms with Gasteiger partial charge in [0.25, 0.3) is 0 Å². The maximum Gasteiger partial charge on any atom is 0.214 e. The molecule has 5 nitrogen and oxygen atoms in total. The van der Waals surface area contributed by atoms with Crippen molar-refractivity contribution in [3.05, 3.63) is 37.2 Å². The molecule has 2 N–H and O–H groups in total. The van der Waals surface area contributed by atoms with Crippen molar-refractivity contribution >= 4 is 44.1 Å². The number of aromatic nitrogens is 3. The second-order valence-corrected chi connectivity index (χ2v) is 6.95. The Morgan fingerprint density at radius 2 is 2.14 bits per heavy atom. The Balaban J connectivity index is 2.28. The molecule has 1 aromatic heterocycles. The molecule has 0 bridgehead atoms. The van der Waals surface area contributed by atoms with E-state index in [1.54, 1.807) is 4.68 Å². The Morgan fingerprint density at radius 1 is 1.43 bits per heavy atom. The Hall–Kier alpha value is -0.860. The minimum atomic E-state index is 0.0963. The van der Waals surface area contributed by atoms with Crippen LogP contribution in [0, 0.1) is 11.7 Å². The van der Waals surface area contributed by atoms with Gasteiger partial charge in [0, 0.05) is 10.0 Å². The highest BCUT2D eigenvalue weighted by Crippen LogP contribution is 2.33. The zero-order chi connectivity index (χ0) is 15.6. The van der Waals surface area contributed by atoms with Crippen LogP contribution in [0.2, 0.25) is 0 Å². The smallest absolute Gasteiger partial charge is 0.214 e. The Kier molecular flexibility index (Phi) is 5.45. The van der Waals surface area contributed by atoms with E-state index in [9.17, 15) is 0 Å². The molecule has 0 amide bonds. The zero-order valence-corrected chi connectivity index (χ0v) is 15.9. The van der Waals surface area contributed by atoms with Crippen LogP contribution in [-0.4, -0.2) is 21.0 Å². The second-order valence-electron chi connectivity index (χ2n) is 4.79. The van der Waals surface area contributed by atoms with Gasteiger partial charge in [-0.05, 0) is 61.1 Å². The monoisotopic (exact) mass is 434 g/mol. The number of rotatable bonds is 5. The van der Waals surface area contributed by atoms with Gasteiger partial charge >= 0.3 is 0 Å². The molecule has 0 atom stereocenters. The van der Waals surface area contributed by atoms with Crippen molar-refractivity contribution in [2.24, 2.45) is 0 Å². The number of aryl methyl sites for hydroxylation is 1. The van der Waals surface area contributed by atoms with E-state index in [4.69, 9.17) is 17.0 Å². The summed E-state index contributed by atoms with van der Waals surface area (Å²) in [6, 6.07) is 3.99. The van der Waals surface area contributed by atoms with Crippen LogP contribution >= 0.6 is 44.1 Å². The first-order valence-corrected chi connectivity index (χ1v) is 8.40. The number of halogens is 2. The number of ether oxygens (including phenoxy) is 1. The first-order chi connectivity index (χ1) is 9.88. The van der Waals surface area contributed by atoms with Gasteiger partial charge in [-0.25, -0.2) is 4.68 Å². The van der Waals surface area contributed by atoms with E-state index in [1.165, 1.54) is 0 Å². The van der Waals surface area contributed by atoms with Gasteiger partial charge in [-0.3, -0.25) is 5.10 Å². The number of H-pyrrole nitrogens is 1. The molecule has 0 saturated carbocycles. The van der Waals surface area contributed by atoms with E-state index >= 15 is 0 Å². The van der Waals surface area contributed by atoms with Crippen LogP contribution < -0.4 is 10.2 Å². The lowest BCUT2D eigenvalue weighted by molar-refractivity contribution is 0.238. The molecular formula is C13H16Br2N4OS. The highest BCUT2D eigenvalue weighted by atomic mass is 79.9. The van der Waals surface area contributed by atoms with E-state index < -0.39 is 0 Å². The summed E-state index contributed by atoms with van der Waals surface area (Å²) in [6.07, 6.45) is 0.0963. The summed E-state index contributed by atoms with van der Waals surface area (Å²) in [5, 5.41) is 6.81. The molecule has 1 heterocycles. The first-order valence-electron chi connectivity index (χ1n) is 6.41. The van der Waals surface area contributed by atoms with Crippen molar-refractivity contribution in [1.29, 1.82) is 0 Å². The van der Waals surface area contributed by atoms with Gasteiger partial charge in [0.2, 0.25) is 4.77 Å². The van der Waals surface area contributed by atoms with Gasteiger partial charge in [-0.15, -0.1) is 0 Å². The maximum absolute atomic E-state index is 5.90. The summed E-state index contributed by atoms with van der Waals surface area (Å²) < 4.78 is 10.1. The molecule has 0 unspecified atom stereocenters. The lowest BCUT2D eigenvalue weighted by atomic mass is 10.2. The first kappa shape index (κ1) is 16.5. The number of nitrogens with zero attached hydrogens (tertiary/aromatic N) is 2. The Labute approximate surface area is 145 Å². The third-order valence-corrected chi connectivity index (χ3v) is 4.03. The number of nitrogens with one attached hydrogen (secondary N) is 2. The van der Waals surface area contributed by atoms with Crippen LogP contribution in [0.1, 0.15) is 25.2 Å². The molecule has 0 aliphatic carbocycles. The Bertz CT molecular complexity index is 696. The van der Waals surface area contributed by atoms with Crippen molar-refractivity contribution in [3.8, 4) is 5.75 Å². The SMILES string of the molecule is Cc1n[nH]c(=S)n1NCc1cc(Br)cc(Br)c1OC(C)C. The normalized spacial score (nSPS) is 11.0. The third-order valence-electron chi connectivity index (χ3n) is 2.71. The number of hydrogen-bond acceptors (Lipinski definition) is 4. The summed E-state index contributed by atoms with van der Waals surface area (Å²) in [4.78, 5) is 0. The van der Waals surface area contributed by atoms with Gasteiger partial charge < -0.3 is 10.2 Å². The average molecular weight is 436 g/mol. The molecule has 2 aromatic rings. The number of hydrogen-bond donors (Lipinski definition) is 2. The van der Waals surface area contributed by atoms with Gasteiger partial charge in [0.1, 0.15) is 11.6 Å². The molecule has 0 aliphatic rings. The minimum absolute atomic E-state index is 0.0963. The number of aromatic amines is 1. The lowest BCUT2D eigenvalue weighted by Crippen LogP contribution is -2.17. The predicted molar refractivity (Wildman–Crippen MR) is 92.8 cm³/mol. The van der Waals surface area contributed by atoms with E-state index in [-0.39, 0.29) is 6.10 Å². The summed E-state index contributed by atoms with van der Waals surface area (Å²) in [5.74, 6) is 1.61. The summed E-state index contributed by atoms with van der Waals surface area (Å²) in [5.41, 5.74) is 4.26. The quantitative estimate of drug-likeness (QED) is 0.687. The van der Waals surface area contributed by atoms with Gasteiger partial charge in [0.15, 0.2) is 0 Å².